The highest BCUT2D eigenvalue weighted by atomic mass is 31.2. The topological polar surface area (TPSA) is 145 Å². The largest absolute Gasteiger partial charge is 0.476 e. The van der Waals surface area contributed by atoms with Gasteiger partial charge in [-0.05, 0) is 36.1 Å². The minimum atomic E-state index is -3.78. The smallest absolute Gasteiger partial charge is 0.451 e. The molecule has 0 aliphatic carbocycles. The fraction of sp³-hybridized carbons (Fsp3) is 0.429. The SMILES string of the molecule is COCCn1cc(NC(=O)c2ccc(-c3cnn(COP(=O)(OCC(C)C)OCC(C)C)c3)o2)c(-c2ccccn2)n1. The van der Waals surface area contributed by atoms with Gasteiger partial charge in [0, 0.05) is 25.7 Å². The Hall–Kier alpha value is -3.61. The van der Waals surface area contributed by atoms with E-state index in [2.05, 4.69) is 20.5 Å². The Morgan fingerprint density at radius 1 is 1.02 bits per heavy atom. The number of anilines is 1. The summed E-state index contributed by atoms with van der Waals surface area (Å²) >= 11 is 0. The number of methoxy groups -OCH3 is 1. The number of aromatic nitrogens is 5. The number of phosphoric acid groups is 1. The van der Waals surface area contributed by atoms with E-state index in [1.54, 1.807) is 48.7 Å². The Balaban J connectivity index is 1.43. The summed E-state index contributed by atoms with van der Waals surface area (Å²) in [7, 11) is -2.17. The number of rotatable bonds is 16. The number of amides is 1. The summed E-state index contributed by atoms with van der Waals surface area (Å²) in [4.78, 5) is 17.5. The van der Waals surface area contributed by atoms with Crippen molar-refractivity contribution in [1.29, 1.82) is 0 Å². The first-order valence-corrected chi connectivity index (χ1v) is 15.1. The molecular weight excluding hydrogens is 563 g/mol. The van der Waals surface area contributed by atoms with E-state index >= 15 is 0 Å². The number of carbonyl (C=O) groups is 1. The summed E-state index contributed by atoms with van der Waals surface area (Å²) in [6.45, 7) is 9.05. The van der Waals surface area contributed by atoms with Crippen molar-refractivity contribution < 1.29 is 32.1 Å². The van der Waals surface area contributed by atoms with E-state index in [9.17, 15) is 9.36 Å². The number of hydrogen-bond donors (Lipinski definition) is 1. The quantitative estimate of drug-likeness (QED) is 0.158. The number of phosphoric ester groups is 1. The van der Waals surface area contributed by atoms with Crippen LogP contribution in [0.15, 0.2) is 59.5 Å². The predicted molar refractivity (Wildman–Crippen MR) is 155 cm³/mol. The lowest BCUT2D eigenvalue weighted by Crippen LogP contribution is -2.11. The highest BCUT2D eigenvalue weighted by Crippen LogP contribution is 2.50. The van der Waals surface area contributed by atoms with E-state index in [1.165, 1.54) is 4.68 Å². The van der Waals surface area contributed by atoms with E-state index in [0.717, 1.165) is 0 Å². The standard InChI is InChI=1S/C28H37N6O7P/c1-20(2)17-38-42(36,39-18-21(3)4)40-19-34-15-22(14-30-34)25-9-10-26(41-25)28(35)31-24-16-33(12-13-37-5)32-27(24)23-8-6-7-11-29-23/h6-11,14-16,20-21H,12-13,17-19H2,1-5H3,(H,31,35). The van der Waals surface area contributed by atoms with Gasteiger partial charge < -0.3 is 14.5 Å². The molecule has 13 nitrogen and oxygen atoms in total. The lowest BCUT2D eigenvalue weighted by molar-refractivity contribution is 0.0723. The van der Waals surface area contributed by atoms with Crippen molar-refractivity contribution in [2.45, 2.75) is 41.0 Å². The molecule has 4 aromatic rings. The van der Waals surface area contributed by atoms with Crippen molar-refractivity contribution in [3.8, 4) is 22.7 Å². The molecular formula is C28H37N6O7P. The number of nitrogens with one attached hydrogen (secondary N) is 1. The Morgan fingerprint density at radius 3 is 2.45 bits per heavy atom. The number of carbonyl (C=O) groups excluding carboxylic acids is 1. The first kappa shape index (κ1) is 31.3. The third-order valence-electron chi connectivity index (χ3n) is 5.67. The Bertz CT molecular complexity index is 1460. The van der Waals surface area contributed by atoms with Crippen LogP contribution in [-0.2, 0) is 36.1 Å². The first-order valence-electron chi connectivity index (χ1n) is 13.6. The lowest BCUT2D eigenvalue weighted by atomic mass is 10.2. The number of hydrogen-bond acceptors (Lipinski definition) is 10. The van der Waals surface area contributed by atoms with Crippen LogP contribution in [0.3, 0.4) is 0 Å². The molecule has 4 rings (SSSR count). The fourth-order valence-electron chi connectivity index (χ4n) is 3.59. The van der Waals surface area contributed by atoms with Crippen LogP contribution in [0.5, 0.6) is 0 Å². The number of ether oxygens (including phenoxy) is 1. The van der Waals surface area contributed by atoms with Gasteiger partial charge in [0.2, 0.25) is 0 Å². The van der Waals surface area contributed by atoms with Gasteiger partial charge in [-0.2, -0.15) is 10.2 Å². The van der Waals surface area contributed by atoms with Gasteiger partial charge in [0.25, 0.3) is 5.91 Å². The van der Waals surface area contributed by atoms with Crippen LogP contribution in [0.4, 0.5) is 5.69 Å². The van der Waals surface area contributed by atoms with Crippen molar-refractivity contribution in [3.63, 3.8) is 0 Å². The van der Waals surface area contributed by atoms with E-state index in [-0.39, 0.29) is 37.5 Å². The molecule has 4 aromatic heterocycles. The molecule has 42 heavy (non-hydrogen) atoms. The van der Waals surface area contributed by atoms with Crippen LogP contribution in [0, 0.1) is 11.8 Å². The van der Waals surface area contributed by atoms with Gasteiger partial charge >= 0.3 is 7.82 Å². The molecule has 0 saturated heterocycles. The van der Waals surface area contributed by atoms with Crippen molar-refractivity contribution in [2.75, 3.05) is 32.2 Å². The molecule has 4 heterocycles. The molecule has 0 radical (unpaired) electrons. The second-order valence-electron chi connectivity index (χ2n) is 10.3. The average Bonchev–Trinajstić information content (AvgIpc) is 3.73. The summed E-state index contributed by atoms with van der Waals surface area (Å²) in [6, 6.07) is 8.71. The maximum atomic E-state index is 13.1. The molecule has 0 atom stereocenters. The molecule has 0 aliphatic heterocycles. The zero-order valence-corrected chi connectivity index (χ0v) is 25.3. The van der Waals surface area contributed by atoms with Crippen molar-refractivity contribution in [3.05, 3.63) is 60.9 Å². The van der Waals surface area contributed by atoms with E-state index in [0.29, 0.717) is 41.6 Å². The maximum Gasteiger partial charge on any atom is 0.476 e. The average molecular weight is 601 g/mol. The third kappa shape index (κ3) is 8.70. The van der Waals surface area contributed by atoms with Gasteiger partial charge in [-0.1, -0.05) is 33.8 Å². The summed E-state index contributed by atoms with van der Waals surface area (Å²) < 4.78 is 43.7. The van der Waals surface area contributed by atoms with Crippen molar-refractivity contribution in [1.82, 2.24) is 24.5 Å². The molecule has 0 spiro atoms. The minimum absolute atomic E-state index is 0.0966. The van der Waals surface area contributed by atoms with Gasteiger partial charge in [0.05, 0.1) is 49.5 Å². The lowest BCUT2D eigenvalue weighted by Gasteiger charge is -2.20. The van der Waals surface area contributed by atoms with Crippen LogP contribution in [0.25, 0.3) is 22.7 Å². The summed E-state index contributed by atoms with van der Waals surface area (Å²) in [5.74, 6) is 0.368. The van der Waals surface area contributed by atoms with E-state index in [4.69, 9.17) is 22.7 Å². The molecule has 14 heteroatoms. The number of nitrogens with zero attached hydrogens (tertiary/aromatic N) is 5. The fourth-order valence-corrected chi connectivity index (χ4v) is 5.03. The Morgan fingerprint density at radius 2 is 1.79 bits per heavy atom. The number of pyridine rings is 1. The Labute approximate surface area is 244 Å². The molecule has 0 unspecified atom stereocenters. The Kier molecular flexibility index (Phi) is 10.8. The molecule has 1 amide bonds. The summed E-state index contributed by atoms with van der Waals surface area (Å²) in [5, 5.41) is 11.7. The zero-order valence-electron chi connectivity index (χ0n) is 24.4. The normalized spacial score (nSPS) is 12.0. The highest BCUT2D eigenvalue weighted by molar-refractivity contribution is 7.48. The van der Waals surface area contributed by atoms with Gasteiger partial charge in [-0.15, -0.1) is 0 Å². The summed E-state index contributed by atoms with van der Waals surface area (Å²) in [5.41, 5.74) is 2.23. The highest BCUT2D eigenvalue weighted by Gasteiger charge is 2.28. The zero-order chi connectivity index (χ0) is 30.1. The summed E-state index contributed by atoms with van der Waals surface area (Å²) in [6.07, 6.45) is 6.59. The molecule has 0 saturated carbocycles. The van der Waals surface area contributed by atoms with E-state index < -0.39 is 13.7 Å². The molecule has 226 valence electrons. The molecule has 1 N–H and O–H groups in total. The minimum Gasteiger partial charge on any atom is -0.451 e. The van der Waals surface area contributed by atoms with Crippen LogP contribution < -0.4 is 5.32 Å². The van der Waals surface area contributed by atoms with Crippen LogP contribution in [0.2, 0.25) is 0 Å². The van der Waals surface area contributed by atoms with Gasteiger partial charge in [-0.25, -0.2) is 9.25 Å². The first-order chi connectivity index (χ1) is 20.2. The third-order valence-corrected chi connectivity index (χ3v) is 7.03. The molecule has 0 aromatic carbocycles. The predicted octanol–water partition coefficient (Wildman–Crippen LogP) is 5.73. The maximum absolute atomic E-state index is 13.1. The molecule has 0 fully saturated rings. The van der Waals surface area contributed by atoms with Crippen LogP contribution in [0.1, 0.15) is 38.2 Å². The number of furan rings is 1. The second kappa shape index (κ2) is 14.5. The second-order valence-corrected chi connectivity index (χ2v) is 12.0. The molecule has 0 bridgehead atoms. The van der Waals surface area contributed by atoms with Crippen LogP contribution in [-0.4, -0.2) is 57.4 Å². The van der Waals surface area contributed by atoms with Gasteiger partial charge in [-0.3, -0.25) is 28.0 Å². The van der Waals surface area contributed by atoms with E-state index in [1.807, 2.05) is 45.9 Å². The molecule has 0 aliphatic rings. The van der Waals surface area contributed by atoms with Gasteiger partial charge in [0.1, 0.15) is 11.5 Å². The van der Waals surface area contributed by atoms with Crippen LogP contribution >= 0.6 is 7.82 Å². The van der Waals surface area contributed by atoms with Crippen molar-refractivity contribution in [2.24, 2.45) is 11.8 Å². The van der Waals surface area contributed by atoms with Gasteiger partial charge in [0.15, 0.2) is 12.5 Å². The monoisotopic (exact) mass is 600 g/mol. The van der Waals surface area contributed by atoms with Crippen molar-refractivity contribution >= 4 is 19.4 Å².